The molecule has 0 aliphatic carbocycles. The van der Waals surface area contributed by atoms with Crippen molar-refractivity contribution in [2.75, 3.05) is 23.8 Å². The molecule has 3 heteroatoms. The van der Waals surface area contributed by atoms with Crippen LogP contribution in [-0.2, 0) is 0 Å². The molecule has 0 aromatic heterocycles. The zero-order valence-electron chi connectivity index (χ0n) is 11.6. The summed E-state index contributed by atoms with van der Waals surface area (Å²) in [6.45, 7) is 8.54. The minimum absolute atomic E-state index is 0.584. The highest BCUT2D eigenvalue weighted by Gasteiger charge is 2.26. The molecule has 1 saturated heterocycles. The Labute approximate surface area is 110 Å². The highest BCUT2D eigenvalue weighted by atomic mass is 16.5. The van der Waals surface area contributed by atoms with Gasteiger partial charge in [-0.25, -0.2) is 0 Å². The molecule has 1 aliphatic heterocycles. The second-order valence-corrected chi connectivity index (χ2v) is 5.45. The molecule has 0 radical (unpaired) electrons. The van der Waals surface area contributed by atoms with E-state index in [0.717, 1.165) is 36.9 Å². The quantitative estimate of drug-likeness (QED) is 0.831. The summed E-state index contributed by atoms with van der Waals surface area (Å²) in [5.74, 6) is 1.64. The average Bonchev–Trinajstić information content (AvgIpc) is 2.65. The predicted octanol–water partition coefficient (Wildman–Crippen LogP) is 3.29. The molecular weight excluding hydrogens is 224 g/mol. The molecule has 2 atom stereocenters. The number of nitrogens with two attached hydrogens (primary N) is 1. The summed E-state index contributed by atoms with van der Waals surface area (Å²) < 4.78 is 5.69. The van der Waals surface area contributed by atoms with Gasteiger partial charge in [-0.15, -0.1) is 0 Å². The zero-order chi connectivity index (χ0) is 13.1. The summed E-state index contributed by atoms with van der Waals surface area (Å²) in [5.41, 5.74) is 7.95. The molecular formula is C15H24N2O. The van der Waals surface area contributed by atoms with Gasteiger partial charge in [-0.2, -0.15) is 0 Å². The highest BCUT2D eigenvalue weighted by Crippen LogP contribution is 2.32. The Balaban J connectivity index is 2.19. The Bertz CT molecular complexity index is 405. The summed E-state index contributed by atoms with van der Waals surface area (Å²) in [6.07, 6.45) is 2.27. The molecule has 18 heavy (non-hydrogen) atoms. The van der Waals surface area contributed by atoms with Crippen LogP contribution in [0.5, 0.6) is 5.75 Å². The second-order valence-electron chi connectivity index (χ2n) is 5.45. The number of nitrogen functional groups attached to an aromatic ring is 1. The van der Waals surface area contributed by atoms with E-state index < -0.39 is 0 Å². The predicted molar refractivity (Wildman–Crippen MR) is 77.2 cm³/mol. The molecule has 1 aromatic rings. The van der Waals surface area contributed by atoms with Crippen molar-refractivity contribution in [1.82, 2.24) is 0 Å². The first kappa shape index (κ1) is 13.1. The van der Waals surface area contributed by atoms with Crippen molar-refractivity contribution in [3.05, 3.63) is 18.2 Å². The van der Waals surface area contributed by atoms with Gasteiger partial charge in [-0.3, -0.25) is 0 Å². The van der Waals surface area contributed by atoms with Crippen LogP contribution in [0.3, 0.4) is 0 Å². The van der Waals surface area contributed by atoms with Gasteiger partial charge in [-0.05, 0) is 31.7 Å². The summed E-state index contributed by atoms with van der Waals surface area (Å²) in [6, 6.07) is 6.65. The van der Waals surface area contributed by atoms with Crippen LogP contribution in [-0.4, -0.2) is 19.2 Å². The molecule has 2 N–H and O–H groups in total. The lowest BCUT2D eigenvalue weighted by Gasteiger charge is -2.24. The summed E-state index contributed by atoms with van der Waals surface area (Å²) >= 11 is 0. The first-order chi connectivity index (χ1) is 8.60. The van der Waals surface area contributed by atoms with Crippen molar-refractivity contribution in [2.24, 2.45) is 5.92 Å². The smallest absolute Gasteiger partial charge is 0.123 e. The standard InChI is InChI=1S/C15H24N2O/c1-4-5-18-15-8-13(16)7-14(9-15)17-10-11(2)6-12(17)3/h7-9,11-12H,4-6,10,16H2,1-3H3. The number of anilines is 2. The molecule has 0 saturated carbocycles. The van der Waals surface area contributed by atoms with Crippen molar-refractivity contribution in [2.45, 2.75) is 39.7 Å². The fourth-order valence-corrected chi connectivity index (χ4v) is 2.73. The number of hydrogen-bond donors (Lipinski definition) is 1. The topological polar surface area (TPSA) is 38.5 Å². The number of ether oxygens (including phenoxy) is 1. The first-order valence-corrected chi connectivity index (χ1v) is 6.90. The maximum absolute atomic E-state index is 5.97. The monoisotopic (exact) mass is 248 g/mol. The third-order valence-corrected chi connectivity index (χ3v) is 3.50. The van der Waals surface area contributed by atoms with Gasteiger partial charge in [0.2, 0.25) is 0 Å². The lowest BCUT2D eigenvalue weighted by atomic mass is 10.1. The minimum Gasteiger partial charge on any atom is -0.493 e. The molecule has 2 unspecified atom stereocenters. The molecule has 1 fully saturated rings. The Morgan fingerprint density at radius 3 is 2.72 bits per heavy atom. The van der Waals surface area contributed by atoms with Gasteiger partial charge >= 0.3 is 0 Å². The van der Waals surface area contributed by atoms with Crippen molar-refractivity contribution in [1.29, 1.82) is 0 Å². The highest BCUT2D eigenvalue weighted by molar-refractivity contribution is 5.61. The number of rotatable bonds is 4. The van der Waals surface area contributed by atoms with Crippen molar-refractivity contribution >= 4 is 11.4 Å². The number of nitrogens with zero attached hydrogens (tertiary/aromatic N) is 1. The number of hydrogen-bond acceptors (Lipinski definition) is 3. The summed E-state index contributed by atoms with van der Waals surface area (Å²) in [4.78, 5) is 2.43. The third kappa shape index (κ3) is 2.89. The maximum atomic E-state index is 5.97. The lowest BCUT2D eigenvalue weighted by molar-refractivity contribution is 0.317. The van der Waals surface area contributed by atoms with Gasteiger partial charge in [0.25, 0.3) is 0 Å². The van der Waals surface area contributed by atoms with E-state index in [1.807, 2.05) is 12.1 Å². The number of benzene rings is 1. The van der Waals surface area contributed by atoms with E-state index in [9.17, 15) is 0 Å². The van der Waals surface area contributed by atoms with Crippen LogP contribution in [0.4, 0.5) is 11.4 Å². The normalized spacial score (nSPS) is 23.4. The van der Waals surface area contributed by atoms with Gasteiger partial charge in [0.1, 0.15) is 5.75 Å². The Morgan fingerprint density at radius 1 is 1.33 bits per heavy atom. The zero-order valence-corrected chi connectivity index (χ0v) is 11.6. The Hall–Kier alpha value is -1.38. The van der Waals surface area contributed by atoms with E-state index in [-0.39, 0.29) is 0 Å². The van der Waals surface area contributed by atoms with Gasteiger partial charge in [0.05, 0.1) is 6.61 Å². The minimum atomic E-state index is 0.584. The SMILES string of the molecule is CCCOc1cc(N)cc(N2CC(C)CC2C)c1. The van der Waals surface area contributed by atoms with Crippen LogP contribution < -0.4 is 15.4 Å². The van der Waals surface area contributed by atoms with E-state index in [1.165, 1.54) is 12.1 Å². The molecule has 1 aromatic carbocycles. The van der Waals surface area contributed by atoms with E-state index in [0.29, 0.717) is 6.04 Å². The van der Waals surface area contributed by atoms with Gasteiger partial charge < -0.3 is 15.4 Å². The maximum Gasteiger partial charge on any atom is 0.123 e. The molecule has 1 heterocycles. The van der Waals surface area contributed by atoms with Crippen molar-refractivity contribution in [3.8, 4) is 5.75 Å². The Kier molecular flexibility index (Phi) is 4.00. The second kappa shape index (κ2) is 5.51. The molecule has 0 amide bonds. The first-order valence-electron chi connectivity index (χ1n) is 6.90. The van der Waals surface area contributed by atoms with Crippen LogP contribution in [0.15, 0.2) is 18.2 Å². The van der Waals surface area contributed by atoms with Crippen molar-refractivity contribution in [3.63, 3.8) is 0 Å². The fourth-order valence-electron chi connectivity index (χ4n) is 2.73. The molecule has 100 valence electrons. The van der Waals surface area contributed by atoms with Gasteiger partial charge in [0, 0.05) is 36.1 Å². The Morgan fingerprint density at radius 2 is 2.11 bits per heavy atom. The molecule has 0 bridgehead atoms. The van der Waals surface area contributed by atoms with Crippen LogP contribution in [0, 0.1) is 5.92 Å². The van der Waals surface area contributed by atoms with Crippen LogP contribution in [0.25, 0.3) is 0 Å². The van der Waals surface area contributed by atoms with Crippen LogP contribution in [0.2, 0.25) is 0 Å². The van der Waals surface area contributed by atoms with E-state index in [1.54, 1.807) is 0 Å². The average molecular weight is 248 g/mol. The summed E-state index contributed by atoms with van der Waals surface area (Å²) in [5, 5.41) is 0. The van der Waals surface area contributed by atoms with E-state index in [4.69, 9.17) is 10.5 Å². The molecule has 0 spiro atoms. The fraction of sp³-hybridized carbons (Fsp3) is 0.600. The van der Waals surface area contributed by atoms with Crippen LogP contribution >= 0.6 is 0 Å². The molecule has 2 rings (SSSR count). The largest absolute Gasteiger partial charge is 0.493 e. The van der Waals surface area contributed by atoms with Gasteiger partial charge in [-0.1, -0.05) is 13.8 Å². The summed E-state index contributed by atoms with van der Waals surface area (Å²) in [7, 11) is 0. The third-order valence-electron chi connectivity index (χ3n) is 3.50. The van der Waals surface area contributed by atoms with E-state index in [2.05, 4.69) is 31.7 Å². The molecule has 1 aliphatic rings. The van der Waals surface area contributed by atoms with Crippen molar-refractivity contribution < 1.29 is 4.74 Å². The molecule has 3 nitrogen and oxygen atoms in total. The lowest BCUT2D eigenvalue weighted by Crippen LogP contribution is -2.26. The van der Waals surface area contributed by atoms with E-state index >= 15 is 0 Å². The van der Waals surface area contributed by atoms with Crippen LogP contribution in [0.1, 0.15) is 33.6 Å². The van der Waals surface area contributed by atoms with Gasteiger partial charge in [0.15, 0.2) is 0 Å².